The van der Waals surface area contributed by atoms with Crippen LogP contribution in [0, 0.1) is 10.1 Å². The Morgan fingerprint density at radius 2 is 2.38 bits per heavy atom. The molecule has 0 fully saturated rings. The van der Waals surface area contributed by atoms with Crippen LogP contribution < -0.4 is 0 Å². The third-order valence-electron chi connectivity index (χ3n) is 1.55. The quantitative estimate of drug-likeness (QED) is 0.588. The van der Waals surface area contributed by atoms with Gasteiger partial charge in [0.2, 0.25) is 0 Å². The van der Waals surface area contributed by atoms with Crippen LogP contribution in [0.1, 0.15) is 0 Å². The highest BCUT2D eigenvalue weighted by atomic mass is 32.1. The second-order valence-corrected chi connectivity index (χ2v) is 3.44. The molecule has 0 unspecified atom stereocenters. The van der Waals surface area contributed by atoms with Crippen LogP contribution in [0.15, 0.2) is 24.5 Å². The molecular formula is C7H5N3O2S. The van der Waals surface area contributed by atoms with Gasteiger partial charge in [-0.1, -0.05) is 11.3 Å². The molecule has 0 amide bonds. The minimum atomic E-state index is -0.395. The molecule has 0 saturated carbocycles. The largest absolute Gasteiger partial charge is 0.324 e. The van der Waals surface area contributed by atoms with E-state index in [1.54, 1.807) is 18.5 Å². The van der Waals surface area contributed by atoms with Gasteiger partial charge in [0.25, 0.3) is 0 Å². The first kappa shape index (κ1) is 7.93. The fourth-order valence-corrected chi connectivity index (χ4v) is 1.77. The van der Waals surface area contributed by atoms with Crippen molar-refractivity contribution in [2.24, 2.45) is 0 Å². The Kier molecular flexibility index (Phi) is 1.82. The lowest BCUT2D eigenvalue weighted by molar-refractivity contribution is -0.380. The molecule has 6 heteroatoms. The molecule has 2 aromatic heterocycles. The van der Waals surface area contributed by atoms with Crippen molar-refractivity contribution < 1.29 is 4.92 Å². The first-order valence-corrected chi connectivity index (χ1v) is 4.32. The molecule has 13 heavy (non-hydrogen) atoms. The van der Waals surface area contributed by atoms with Gasteiger partial charge >= 0.3 is 5.00 Å². The lowest BCUT2D eigenvalue weighted by atomic mass is 10.3. The van der Waals surface area contributed by atoms with Gasteiger partial charge in [0, 0.05) is 22.7 Å². The number of nitrogens with one attached hydrogen (secondary N) is 1. The van der Waals surface area contributed by atoms with E-state index in [9.17, 15) is 10.1 Å². The third kappa shape index (κ3) is 1.43. The van der Waals surface area contributed by atoms with Crippen molar-refractivity contribution in [2.45, 2.75) is 0 Å². The molecule has 2 aromatic rings. The van der Waals surface area contributed by atoms with E-state index in [-0.39, 0.29) is 5.00 Å². The van der Waals surface area contributed by atoms with Crippen LogP contribution in [0.25, 0.3) is 10.4 Å². The van der Waals surface area contributed by atoms with E-state index in [2.05, 4.69) is 10.2 Å². The van der Waals surface area contributed by atoms with Crippen LogP contribution in [0.3, 0.4) is 0 Å². The summed E-state index contributed by atoms with van der Waals surface area (Å²) in [5.41, 5.74) is 0.873. The summed E-state index contributed by atoms with van der Waals surface area (Å²) >= 11 is 1.14. The van der Waals surface area contributed by atoms with Gasteiger partial charge in [-0.25, -0.2) is 0 Å². The maximum absolute atomic E-state index is 10.4. The Morgan fingerprint density at radius 3 is 2.92 bits per heavy atom. The zero-order valence-corrected chi connectivity index (χ0v) is 7.25. The smallest absolute Gasteiger partial charge is 0.285 e. The molecule has 0 aliphatic rings. The fourth-order valence-electron chi connectivity index (χ4n) is 0.967. The number of H-pyrrole nitrogens is 1. The molecule has 2 heterocycles. The lowest BCUT2D eigenvalue weighted by Crippen LogP contribution is -1.80. The first-order valence-electron chi connectivity index (χ1n) is 3.51. The van der Waals surface area contributed by atoms with Crippen LogP contribution in [0.2, 0.25) is 0 Å². The second-order valence-electron chi connectivity index (χ2n) is 2.38. The van der Waals surface area contributed by atoms with E-state index in [1.165, 1.54) is 6.07 Å². The monoisotopic (exact) mass is 195 g/mol. The van der Waals surface area contributed by atoms with Gasteiger partial charge < -0.3 is 0 Å². The summed E-state index contributed by atoms with van der Waals surface area (Å²) in [5.74, 6) is 0. The Balaban J connectivity index is 2.39. The number of thiophene rings is 1. The minimum absolute atomic E-state index is 0.149. The van der Waals surface area contributed by atoms with E-state index >= 15 is 0 Å². The van der Waals surface area contributed by atoms with Crippen LogP contribution in [-0.4, -0.2) is 15.1 Å². The number of nitro groups is 1. The van der Waals surface area contributed by atoms with Crippen LogP contribution in [0.5, 0.6) is 0 Å². The Hall–Kier alpha value is -1.69. The second kappa shape index (κ2) is 2.98. The summed E-state index contributed by atoms with van der Waals surface area (Å²) in [7, 11) is 0. The summed E-state index contributed by atoms with van der Waals surface area (Å²) in [4.78, 5) is 10.8. The molecular weight excluding hydrogens is 190 g/mol. The van der Waals surface area contributed by atoms with Crippen LogP contribution in [0.4, 0.5) is 5.00 Å². The molecule has 0 saturated heterocycles. The summed E-state index contributed by atoms with van der Waals surface area (Å²) < 4.78 is 0. The number of nitrogens with zero attached hydrogens (tertiary/aromatic N) is 2. The standard InChI is InChI=1S/C7H5N3O2S/c11-10(12)7-2-1-6(13-7)5-3-8-9-4-5/h1-4H,(H,8,9). The molecule has 0 aliphatic carbocycles. The predicted molar refractivity (Wildman–Crippen MR) is 48.6 cm³/mol. The molecule has 0 radical (unpaired) electrons. The Morgan fingerprint density at radius 1 is 1.54 bits per heavy atom. The van der Waals surface area contributed by atoms with E-state index in [0.717, 1.165) is 21.8 Å². The number of hydrogen-bond acceptors (Lipinski definition) is 4. The minimum Gasteiger partial charge on any atom is -0.285 e. The van der Waals surface area contributed by atoms with Gasteiger partial charge in [0.15, 0.2) is 0 Å². The zero-order chi connectivity index (χ0) is 9.26. The summed E-state index contributed by atoms with van der Waals surface area (Å²) in [5, 5.41) is 16.9. The summed E-state index contributed by atoms with van der Waals surface area (Å²) in [6.45, 7) is 0. The number of aromatic amines is 1. The molecule has 0 spiro atoms. The highest BCUT2D eigenvalue weighted by Gasteiger charge is 2.10. The van der Waals surface area contributed by atoms with Crippen molar-refractivity contribution >= 4 is 16.3 Å². The fraction of sp³-hybridized carbons (Fsp3) is 0. The molecule has 0 atom stereocenters. The lowest BCUT2D eigenvalue weighted by Gasteiger charge is -1.84. The molecule has 0 bridgehead atoms. The van der Waals surface area contributed by atoms with E-state index in [1.807, 2.05) is 0 Å². The third-order valence-corrected chi connectivity index (χ3v) is 2.64. The number of hydrogen-bond donors (Lipinski definition) is 1. The van der Waals surface area contributed by atoms with Gasteiger partial charge in [0.05, 0.1) is 11.1 Å². The van der Waals surface area contributed by atoms with Crippen molar-refractivity contribution in [3.8, 4) is 10.4 Å². The maximum atomic E-state index is 10.4. The van der Waals surface area contributed by atoms with Crippen LogP contribution >= 0.6 is 11.3 Å². The summed E-state index contributed by atoms with van der Waals surface area (Å²) in [6, 6.07) is 3.21. The van der Waals surface area contributed by atoms with E-state index < -0.39 is 4.92 Å². The summed E-state index contributed by atoms with van der Waals surface area (Å²) in [6.07, 6.45) is 3.34. The van der Waals surface area contributed by atoms with E-state index in [4.69, 9.17) is 0 Å². The highest BCUT2D eigenvalue weighted by Crippen LogP contribution is 2.31. The Bertz CT molecular complexity index is 421. The molecule has 2 rings (SSSR count). The van der Waals surface area contributed by atoms with Crippen molar-refractivity contribution in [2.75, 3.05) is 0 Å². The SMILES string of the molecule is O=[N+]([O-])c1ccc(-c2cn[nH]c2)s1. The van der Waals surface area contributed by atoms with Gasteiger partial charge in [-0.05, 0) is 6.07 Å². The average Bonchev–Trinajstić information content (AvgIpc) is 2.75. The first-order chi connectivity index (χ1) is 6.27. The predicted octanol–water partition coefficient (Wildman–Crippen LogP) is 2.05. The molecule has 5 nitrogen and oxygen atoms in total. The maximum Gasteiger partial charge on any atom is 0.324 e. The molecule has 0 aromatic carbocycles. The van der Waals surface area contributed by atoms with Crippen molar-refractivity contribution in [1.82, 2.24) is 10.2 Å². The molecule has 66 valence electrons. The van der Waals surface area contributed by atoms with Crippen LogP contribution in [-0.2, 0) is 0 Å². The van der Waals surface area contributed by atoms with Crippen molar-refractivity contribution in [3.63, 3.8) is 0 Å². The van der Waals surface area contributed by atoms with Gasteiger partial charge in [0.1, 0.15) is 0 Å². The van der Waals surface area contributed by atoms with Crippen molar-refractivity contribution in [3.05, 3.63) is 34.6 Å². The number of aromatic nitrogens is 2. The van der Waals surface area contributed by atoms with Gasteiger partial charge in [-0.3, -0.25) is 15.2 Å². The average molecular weight is 195 g/mol. The zero-order valence-electron chi connectivity index (χ0n) is 6.43. The molecule has 1 N–H and O–H groups in total. The normalized spacial score (nSPS) is 10.2. The molecule has 0 aliphatic heterocycles. The topological polar surface area (TPSA) is 71.8 Å². The number of rotatable bonds is 2. The Labute approximate surface area is 77.2 Å². The van der Waals surface area contributed by atoms with Gasteiger partial charge in [-0.15, -0.1) is 0 Å². The van der Waals surface area contributed by atoms with Crippen molar-refractivity contribution in [1.29, 1.82) is 0 Å². The highest BCUT2D eigenvalue weighted by molar-refractivity contribution is 7.18. The van der Waals surface area contributed by atoms with E-state index in [0.29, 0.717) is 0 Å². The van der Waals surface area contributed by atoms with Gasteiger partial charge in [-0.2, -0.15) is 5.10 Å².